The van der Waals surface area contributed by atoms with E-state index >= 15 is 0 Å². The van der Waals surface area contributed by atoms with E-state index in [1.165, 1.54) is 14.0 Å². The number of aryl methyl sites for hydroxylation is 1. The highest BCUT2D eigenvalue weighted by Crippen LogP contribution is 2.19. The van der Waals surface area contributed by atoms with E-state index in [9.17, 15) is 19.2 Å². The third kappa shape index (κ3) is 4.89. The fourth-order valence-corrected chi connectivity index (χ4v) is 3.75. The molecule has 0 saturated heterocycles. The van der Waals surface area contributed by atoms with Crippen LogP contribution >= 0.6 is 0 Å². The molecule has 3 N–H and O–H groups in total. The lowest BCUT2D eigenvalue weighted by molar-refractivity contribution is -0.119. The summed E-state index contributed by atoms with van der Waals surface area (Å²) >= 11 is 0. The molecule has 3 aromatic rings. The van der Waals surface area contributed by atoms with E-state index in [2.05, 4.69) is 9.97 Å². The van der Waals surface area contributed by atoms with E-state index in [0.717, 1.165) is 6.42 Å². The molecular weight excluding hydrogens is 424 g/mol. The van der Waals surface area contributed by atoms with E-state index in [1.54, 1.807) is 31.2 Å². The van der Waals surface area contributed by atoms with Gasteiger partial charge in [0.15, 0.2) is 5.69 Å². The van der Waals surface area contributed by atoms with Gasteiger partial charge in [-0.3, -0.25) is 28.5 Å². The van der Waals surface area contributed by atoms with Crippen molar-refractivity contribution >= 4 is 28.3 Å². The first kappa shape index (κ1) is 24.0. The molecule has 1 amide bonds. The number of benzene rings is 1. The molecule has 0 fully saturated rings. The maximum absolute atomic E-state index is 13.4. The molecule has 0 atom stereocenters. The average molecular weight is 455 g/mol. The highest BCUT2D eigenvalue weighted by atomic mass is 16.2. The first-order valence-electron chi connectivity index (χ1n) is 11.0. The number of nitrogens with two attached hydrogens (primary N) is 1. The minimum Gasteiger partial charge on any atom is -0.383 e. The van der Waals surface area contributed by atoms with E-state index in [4.69, 9.17) is 5.73 Å². The third-order valence-electron chi connectivity index (χ3n) is 5.41. The van der Waals surface area contributed by atoms with Gasteiger partial charge in [0.25, 0.3) is 11.1 Å². The predicted molar refractivity (Wildman–Crippen MR) is 129 cm³/mol. The van der Waals surface area contributed by atoms with Crippen molar-refractivity contribution in [1.29, 1.82) is 0 Å². The number of fused-ring (bicyclic) bond motifs is 1. The van der Waals surface area contributed by atoms with Crippen LogP contribution in [0.15, 0.2) is 38.6 Å². The zero-order chi connectivity index (χ0) is 24.3. The number of H-pyrrole nitrogens is 1. The molecular formula is C23H30N6O4. The van der Waals surface area contributed by atoms with Crippen LogP contribution in [0, 0.1) is 12.8 Å². The Balaban J connectivity index is 2.09. The Labute approximate surface area is 190 Å². The number of hydrogen-bond donors (Lipinski definition) is 2. The molecule has 176 valence electrons. The van der Waals surface area contributed by atoms with Crippen LogP contribution in [0.1, 0.15) is 39.4 Å². The van der Waals surface area contributed by atoms with Gasteiger partial charge >= 0.3 is 5.69 Å². The number of para-hydroxylation sites is 1. The van der Waals surface area contributed by atoms with Crippen LogP contribution in [0.25, 0.3) is 10.9 Å². The van der Waals surface area contributed by atoms with Gasteiger partial charge in [-0.05, 0) is 31.4 Å². The number of nitrogen functional groups attached to an aromatic ring is 1. The summed E-state index contributed by atoms with van der Waals surface area (Å²) in [6.07, 6.45) is 1.38. The smallest absolute Gasteiger partial charge is 0.330 e. The second-order valence-corrected chi connectivity index (χ2v) is 8.46. The third-order valence-corrected chi connectivity index (χ3v) is 5.41. The number of unbranched alkanes of at least 4 members (excludes halogenated alkanes) is 1. The van der Waals surface area contributed by atoms with E-state index < -0.39 is 17.2 Å². The summed E-state index contributed by atoms with van der Waals surface area (Å²) in [7, 11) is 0. The second kappa shape index (κ2) is 9.85. The maximum atomic E-state index is 13.4. The van der Waals surface area contributed by atoms with Gasteiger partial charge < -0.3 is 10.6 Å². The fourth-order valence-electron chi connectivity index (χ4n) is 3.75. The molecule has 1 aromatic carbocycles. The summed E-state index contributed by atoms with van der Waals surface area (Å²) in [4.78, 5) is 59.5. The molecule has 0 aliphatic rings. The summed E-state index contributed by atoms with van der Waals surface area (Å²) in [5, 5.41) is 0.402. The van der Waals surface area contributed by atoms with E-state index in [0.29, 0.717) is 23.1 Å². The van der Waals surface area contributed by atoms with Gasteiger partial charge in [-0.15, -0.1) is 0 Å². The summed E-state index contributed by atoms with van der Waals surface area (Å²) in [6.45, 7) is 7.64. The minimum atomic E-state index is -0.734. The van der Waals surface area contributed by atoms with Gasteiger partial charge in [0.05, 0.1) is 10.9 Å². The van der Waals surface area contributed by atoms with Crippen molar-refractivity contribution in [1.82, 2.24) is 19.1 Å². The lowest BCUT2D eigenvalue weighted by Crippen LogP contribution is -2.44. The zero-order valence-electron chi connectivity index (χ0n) is 19.4. The topological polar surface area (TPSA) is 136 Å². The molecule has 0 aliphatic heterocycles. The van der Waals surface area contributed by atoms with Crippen molar-refractivity contribution < 1.29 is 4.79 Å². The van der Waals surface area contributed by atoms with Crippen LogP contribution in [0.4, 0.5) is 11.5 Å². The van der Waals surface area contributed by atoms with Gasteiger partial charge in [-0.2, -0.15) is 0 Å². The normalized spacial score (nSPS) is 11.3. The van der Waals surface area contributed by atoms with Crippen LogP contribution in [0.2, 0.25) is 0 Å². The highest BCUT2D eigenvalue weighted by molar-refractivity contribution is 5.95. The Morgan fingerprint density at radius 1 is 1.18 bits per heavy atom. The molecule has 0 saturated carbocycles. The molecule has 0 spiro atoms. The van der Waals surface area contributed by atoms with Crippen molar-refractivity contribution in [3.63, 3.8) is 0 Å². The zero-order valence-corrected chi connectivity index (χ0v) is 19.4. The largest absolute Gasteiger partial charge is 0.383 e. The van der Waals surface area contributed by atoms with Gasteiger partial charge in [-0.25, -0.2) is 9.78 Å². The van der Waals surface area contributed by atoms with Crippen molar-refractivity contribution in [2.75, 3.05) is 17.2 Å². The lowest BCUT2D eigenvalue weighted by atomic mass is 10.2. The average Bonchev–Trinajstić information content (AvgIpc) is 2.76. The maximum Gasteiger partial charge on any atom is 0.330 e. The molecule has 2 heterocycles. The van der Waals surface area contributed by atoms with Crippen LogP contribution in [0.3, 0.4) is 0 Å². The highest BCUT2D eigenvalue weighted by Gasteiger charge is 2.25. The van der Waals surface area contributed by atoms with Crippen LogP contribution < -0.4 is 27.4 Å². The molecule has 2 aromatic heterocycles. The van der Waals surface area contributed by atoms with Crippen molar-refractivity contribution in [3.8, 4) is 0 Å². The summed E-state index contributed by atoms with van der Waals surface area (Å²) in [6, 6.07) is 6.92. The number of anilines is 2. The predicted octanol–water partition coefficient (Wildman–Crippen LogP) is 1.63. The molecule has 10 nitrogen and oxygen atoms in total. The number of carbonyl (C=O) groups excluding carboxylic acids is 1. The van der Waals surface area contributed by atoms with E-state index in [1.807, 2.05) is 20.8 Å². The molecule has 0 unspecified atom stereocenters. The van der Waals surface area contributed by atoms with Crippen molar-refractivity contribution in [2.45, 2.75) is 53.6 Å². The Morgan fingerprint density at radius 2 is 1.88 bits per heavy atom. The van der Waals surface area contributed by atoms with Crippen LogP contribution in [-0.2, 0) is 17.9 Å². The monoisotopic (exact) mass is 454 g/mol. The number of nitrogens with zero attached hydrogens (tertiary/aromatic N) is 4. The van der Waals surface area contributed by atoms with Gasteiger partial charge in [0.1, 0.15) is 18.2 Å². The van der Waals surface area contributed by atoms with Gasteiger partial charge in [0, 0.05) is 13.1 Å². The van der Waals surface area contributed by atoms with Crippen molar-refractivity contribution in [2.24, 2.45) is 5.92 Å². The Morgan fingerprint density at radius 3 is 2.55 bits per heavy atom. The summed E-state index contributed by atoms with van der Waals surface area (Å²) < 4.78 is 2.56. The Bertz CT molecular complexity index is 1350. The SMILES string of the molecule is CCCCN(C(=O)Cn1c(C)nc2ccccc2c1=O)c1c(N)n(CC(C)C)c(=O)[nH]c1=O. The number of aromatic amines is 1. The molecule has 0 bridgehead atoms. The number of nitrogens with one attached hydrogen (secondary N) is 1. The number of carbonyl (C=O) groups is 1. The first-order chi connectivity index (χ1) is 15.6. The molecule has 3 rings (SSSR count). The summed E-state index contributed by atoms with van der Waals surface area (Å²) in [5.41, 5.74) is 5.02. The first-order valence-corrected chi connectivity index (χ1v) is 11.0. The second-order valence-electron chi connectivity index (χ2n) is 8.46. The van der Waals surface area contributed by atoms with E-state index in [-0.39, 0.29) is 42.6 Å². The molecule has 10 heteroatoms. The number of amides is 1. The number of hydrogen-bond acceptors (Lipinski definition) is 6. The van der Waals surface area contributed by atoms with Crippen LogP contribution in [-0.4, -0.2) is 31.6 Å². The fraction of sp³-hybridized carbons (Fsp3) is 0.435. The Kier molecular flexibility index (Phi) is 7.15. The molecule has 0 radical (unpaired) electrons. The Hall–Kier alpha value is -3.69. The minimum absolute atomic E-state index is 0.0670. The van der Waals surface area contributed by atoms with Gasteiger partial charge in [-0.1, -0.05) is 39.3 Å². The molecule has 0 aliphatic carbocycles. The van der Waals surface area contributed by atoms with Crippen LogP contribution in [0.5, 0.6) is 0 Å². The molecule has 33 heavy (non-hydrogen) atoms. The number of aromatic nitrogens is 4. The lowest BCUT2D eigenvalue weighted by Gasteiger charge is -2.25. The summed E-state index contributed by atoms with van der Waals surface area (Å²) in [5.74, 6) is -0.0807. The van der Waals surface area contributed by atoms with Gasteiger partial charge in [0.2, 0.25) is 5.91 Å². The van der Waals surface area contributed by atoms with Crippen molar-refractivity contribution in [3.05, 3.63) is 61.3 Å². The number of rotatable bonds is 8. The quantitative estimate of drug-likeness (QED) is 0.531. The standard InChI is InChI=1S/C23H30N6O4/c1-5-6-11-27(19-20(24)29(12-14(2)3)23(33)26-21(19)31)18(30)13-28-15(4)25-17-10-8-7-9-16(17)22(28)32/h7-10,14H,5-6,11-13,24H2,1-4H3,(H,26,31,33).